The van der Waals surface area contributed by atoms with Gasteiger partial charge >= 0.3 is 11.9 Å². The maximum absolute atomic E-state index is 11.2. The molecule has 0 atom stereocenters. The Morgan fingerprint density at radius 2 is 1.88 bits per heavy atom. The maximum atomic E-state index is 11.2. The van der Waals surface area contributed by atoms with Gasteiger partial charge in [-0.05, 0) is 23.8 Å². The predicted molar refractivity (Wildman–Crippen MR) is 63.4 cm³/mol. The summed E-state index contributed by atoms with van der Waals surface area (Å²) >= 11 is 0. The Morgan fingerprint density at radius 3 is 2.41 bits per heavy atom. The maximum Gasteiger partial charge on any atom is 0.337 e. The van der Waals surface area contributed by atoms with E-state index in [1.807, 2.05) is 6.08 Å². The molecular weight excluding hydrogens is 220 g/mol. The molecule has 0 bridgehead atoms. The van der Waals surface area contributed by atoms with Gasteiger partial charge in [0, 0.05) is 6.92 Å². The monoisotopic (exact) mass is 234 g/mol. The van der Waals surface area contributed by atoms with Crippen molar-refractivity contribution < 1.29 is 19.1 Å². The van der Waals surface area contributed by atoms with Gasteiger partial charge in [-0.15, -0.1) is 0 Å². The molecule has 1 aromatic rings. The second-order valence-corrected chi connectivity index (χ2v) is 3.32. The quantitative estimate of drug-likeness (QED) is 0.748. The molecule has 0 radical (unpaired) electrons. The molecule has 0 saturated carbocycles. The summed E-state index contributed by atoms with van der Waals surface area (Å²) in [6, 6.07) is 6.93. The minimum atomic E-state index is -0.361. The third kappa shape index (κ3) is 4.51. The number of hydrogen-bond acceptors (Lipinski definition) is 4. The normalized spacial score (nSPS) is 10.2. The summed E-state index contributed by atoms with van der Waals surface area (Å²) in [7, 11) is 1.34. The molecule has 0 aliphatic heterocycles. The molecule has 90 valence electrons. The molecule has 0 heterocycles. The van der Waals surface area contributed by atoms with Gasteiger partial charge in [0.25, 0.3) is 0 Å². The second kappa shape index (κ2) is 6.48. The van der Waals surface area contributed by atoms with Gasteiger partial charge in [0.15, 0.2) is 0 Å². The Kier molecular flexibility index (Phi) is 4.94. The Balaban J connectivity index is 2.56. The standard InChI is InChI=1S/C13H14O4/c1-10(14)17-9-3-4-11-5-7-12(8-6-11)13(15)16-2/h3-8H,9H2,1-2H3. The van der Waals surface area contributed by atoms with Crippen molar-refractivity contribution in [2.45, 2.75) is 6.92 Å². The molecule has 0 saturated heterocycles. The van der Waals surface area contributed by atoms with Crippen molar-refractivity contribution in [3.05, 3.63) is 41.5 Å². The van der Waals surface area contributed by atoms with Crippen molar-refractivity contribution in [1.29, 1.82) is 0 Å². The van der Waals surface area contributed by atoms with Crippen LogP contribution >= 0.6 is 0 Å². The Morgan fingerprint density at radius 1 is 1.24 bits per heavy atom. The van der Waals surface area contributed by atoms with Gasteiger partial charge in [-0.25, -0.2) is 4.79 Å². The molecule has 0 aromatic heterocycles. The minimum absolute atomic E-state index is 0.244. The Hall–Kier alpha value is -2.10. The average molecular weight is 234 g/mol. The molecule has 0 N–H and O–H groups in total. The second-order valence-electron chi connectivity index (χ2n) is 3.32. The first kappa shape index (κ1) is 13.0. The number of esters is 2. The SMILES string of the molecule is COC(=O)c1ccc(C=CCOC(C)=O)cc1. The predicted octanol–water partition coefficient (Wildman–Crippen LogP) is 2.05. The lowest BCUT2D eigenvalue weighted by Crippen LogP contribution is -2.00. The van der Waals surface area contributed by atoms with Crippen LogP contribution in [0.2, 0.25) is 0 Å². The van der Waals surface area contributed by atoms with Gasteiger partial charge in [-0.1, -0.05) is 18.2 Å². The number of rotatable bonds is 4. The van der Waals surface area contributed by atoms with Crippen molar-refractivity contribution in [2.75, 3.05) is 13.7 Å². The number of ether oxygens (including phenoxy) is 2. The first-order valence-corrected chi connectivity index (χ1v) is 5.12. The lowest BCUT2D eigenvalue weighted by Gasteiger charge is -1.99. The summed E-state index contributed by atoms with van der Waals surface area (Å²) in [5, 5.41) is 0. The fourth-order valence-corrected chi connectivity index (χ4v) is 1.20. The van der Waals surface area contributed by atoms with E-state index in [1.54, 1.807) is 30.3 Å². The van der Waals surface area contributed by atoms with Gasteiger partial charge in [0.05, 0.1) is 12.7 Å². The van der Waals surface area contributed by atoms with Crippen LogP contribution in [-0.2, 0) is 14.3 Å². The van der Waals surface area contributed by atoms with Gasteiger partial charge in [0.2, 0.25) is 0 Å². The van der Waals surface area contributed by atoms with E-state index in [1.165, 1.54) is 14.0 Å². The van der Waals surface area contributed by atoms with Gasteiger partial charge < -0.3 is 9.47 Å². The van der Waals surface area contributed by atoms with E-state index in [0.29, 0.717) is 5.56 Å². The van der Waals surface area contributed by atoms with Crippen LogP contribution in [0, 0.1) is 0 Å². The molecule has 1 rings (SSSR count). The zero-order valence-corrected chi connectivity index (χ0v) is 9.80. The van der Waals surface area contributed by atoms with Crippen LogP contribution in [-0.4, -0.2) is 25.7 Å². The molecule has 17 heavy (non-hydrogen) atoms. The van der Waals surface area contributed by atoms with Gasteiger partial charge in [-0.3, -0.25) is 4.79 Å². The summed E-state index contributed by atoms with van der Waals surface area (Å²) in [4.78, 5) is 21.7. The average Bonchev–Trinajstić information content (AvgIpc) is 2.34. The summed E-state index contributed by atoms with van der Waals surface area (Å²) in [5.74, 6) is -0.670. The molecule has 0 amide bonds. The summed E-state index contributed by atoms with van der Waals surface area (Å²) in [5.41, 5.74) is 1.43. The van der Waals surface area contributed by atoms with Crippen LogP contribution in [0.4, 0.5) is 0 Å². The molecule has 0 fully saturated rings. The van der Waals surface area contributed by atoms with E-state index in [0.717, 1.165) is 5.56 Å². The van der Waals surface area contributed by atoms with Crippen molar-refractivity contribution in [1.82, 2.24) is 0 Å². The highest BCUT2D eigenvalue weighted by Crippen LogP contribution is 2.07. The fraction of sp³-hybridized carbons (Fsp3) is 0.231. The molecule has 1 aromatic carbocycles. The number of carbonyl (C=O) groups excluding carboxylic acids is 2. The van der Waals surface area contributed by atoms with E-state index in [-0.39, 0.29) is 18.5 Å². The van der Waals surface area contributed by atoms with Crippen LogP contribution in [0.15, 0.2) is 30.3 Å². The molecule has 0 aliphatic carbocycles. The lowest BCUT2D eigenvalue weighted by molar-refractivity contribution is -0.139. The Bertz CT molecular complexity index is 418. The molecular formula is C13H14O4. The topological polar surface area (TPSA) is 52.6 Å². The largest absolute Gasteiger partial charge is 0.465 e. The number of benzene rings is 1. The third-order valence-corrected chi connectivity index (χ3v) is 2.02. The smallest absolute Gasteiger partial charge is 0.337 e. The van der Waals surface area contributed by atoms with Crippen LogP contribution in [0.3, 0.4) is 0 Å². The number of hydrogen-bond donors (Lipinski definition) is 0. The zero-order chi connectivity index (χ0) is 12.7. The molecule has 0 aliphatic rings. The van der Waals surface area contributed by atoms with Crippen molar-refractivity contribution >= 4 is 18.0 Å². The lowest BCUT2D eigenvalue weighted by atomic mass is 10.1. The number of carbonyl (C=O) groups is 2. The highest BCUT2D eigenvalue weighted by Gasteiger charge is 2.02. The first-order chi connectivity index (χ1) is 8.13. The fourth-order valence-electron chi connectivity index (χ4n) is 1.20. The van der Waals surface area contributed by atoms with Crippen molar-refractivity contribution in [3.63, 3.8) is 0 Å². The van der Waals surface area contributed by atoms with Gasteiger partial charge in [0.1, 0.15) is 6.61 Å². The van der Waals surface area contributed by atoms with E-state index in [9.17, 15) is 9.59 Å². The van der Waals surface area contributed by atoms with Crippen LogP contribution in [0.25, 0.3) is 6.08 Å². The van der Waals surface area contributed by atoms with E-state index >= 15 is 0 Å². The van der Waals surface area contributed by atoms with E-state index in [2.05, 4.69) is 4.74 Å². The van der Waals surface area contributed by atoms with Crippen LogP contribution < -0.4 is 0 Å². The molecule has 0 unspecified atom stereocenters. The molecule has 4 nitrogen and oxygen atoms in total. The summed E-state index contributed by atoms with van der Waals surface area (Å²) < 4.78 is 9.33. The molecule has 4 heteroatoms. The Labute approximate surface area is 99.8 Å². The van der Waals surface area contributed by atoms with Crippen LogP contribution in [0.1, 0.15) is 22.8 Å². The highest BCUT2D eigenvalue weighted by atomic mass is 16.5. The summed E-state index contributed by atoms with van der Waals surface area (Å²) in [6.45, 7) is 1.60. The van der Waals surface area contributed by atoms with Crippen molar-refractivity contribution in [2.24, 2.45) is 0 Å². The van der Waals surface area contributed by atoms with Gasteiger partial charge in [-0.2, -0.15) is 0 Å². The number of methoxy groups -OCH3 is 1. The third-order valence-electron chi connectivity index (χ3n) is 2.02. The van der Waals surface area contributed by atoms with Crippen LogP contribution in [0.5, 0.6) is 0 Å². The summed E-state index contributed by atoms with van der Waals surface area (Å²) in [6.07, 6.45) is 3.54. The van der Waals surface area contributed by atoms with E-state index < -0.39 is 0 Å². The van der Waals surface area contributed by atoms with Crippen molar-refractivity contribution in [3.8, 4) is 0 Å². The zero-order valence-electron chi connectivity index (χ0n) is 9.80. The van der Waals surface area contributed by atoms with E-state index in [4.69, 9.17) is 4.74 Å². The minimum Gasteiger partial charge on any atom is -0.465 e. The first-order valence-electron chi connectivity index (χ1n) is 5.12. The molecule has 0 spiro atoms. The highest BCUT2D eigenvalue weighted by molar-refractivity contribution is 5.89.